The number of nitrogens with zero attached hydrogens (tertiary/aromatic N) is 4. The van der Waals surface area contributed by atoms with E-state index in [1.807, 2.05) is 59.0 Å². The number of amides is 3. The number of thiazole rings is 1. The number of hydrogen-bond acceptors (Lipinski definition) is 6. The van der Waals surface area contributed by atoms with E-state index in [4.69, 9.17) is 0 Å². The van der Waals surface area contributed by atoms with Crippen molar-refractivity contribution in [1.29, 1.82) is 0 Å². The van der Waals surface area contributed by atoms with Gasteiger partial charge < -0.3 is 25.0 Å². The van der Waals surface area contributed by atoms with Crippen LogP contribution < -0.4 is 15.5 Å². The zero-order valence-electron chi connectivity index (χ0n) is 20.5. The quantitative estimate of drug-likeness (QED) is 0.426. The van der Waals surface area contributed by atoms with E-state index in [1.54, 1.807) is 12.4 Å². The summed E-state index contributed by atoms with van der Waals surface area (Å²) in [5.41, 5.74) is 5.29. The third-order valence-electron chi connectivity index (χ3n) is 7.12. The van der Waals surface area contributed by atoms with E-state index in [0.29, 0.717) is 22.9 Å². The van der Waals surface area contributed by atoms with Crippen LogP contribution in [0.3, 0.4) is 0 Å². The molecule has 0 fully saturated rings. The summed E-state index contributed by atoms with van der Waals surface area (Å²) in [7, 11) is 3.58. The lowest BCUT2D eigenvalue weighted by Crippen LogP contribution is -2.51. The molecule has 0 saturated carbocycles. The van der Waals surface area contributed by atoms with Crippen molar-refractivity contribution in [1.82, 2.24) is 19.8 Å². The van der Waals surface area contributed by atoms with Crippen LogP contribution in [0.4, 0.5) is 10.8 Å². The van der Waals surface area contributed by atoms with Crippen LogP contribution in [0.1, 0.15) is 33.5 Å². The van der Waals surface area contributed by atoms with Gasteiger partial charge in [-0.05, 0) is 30.2 Å². The summed E-state index contributed by atoms with van der Waals surface area (Å²) in [5, 5.41) is 8.80. The number of anilines is 2. The van der Waals surface area contributed by atoms with Gasteiger partial charge in [-0.1, -0.05) is 30.3 Å². The highest BCUT2D eigenvalue weighted by atomic mass is 32.1. The molecule has 1 unspecified atom stereocenters. The number of carbonyl (C=O) groups excluding carboxylic acids is 3. The molecule has 0 spiro atoms. The summed E-state index contributed by atoms with van der Waals surface area (Å²) in [6.07, 6.45) is 0.570. The number of aromatic nitrogens is 2. The molecular weight excluding hydrogens is 488 g/mol. The number of benzene rings is 2. The van der Waals surface area contributed by atoms with Gasteiger partial charge in [0.25, 0.3) is 5.91 Å². The minimum Gasteiger partial charge on any atom is -0.359 e. The van der Waals surface area contributed by atoms with Crippen LogP contribution in [-0.4, -0.2) is 52.8 Å². The Morgan fingerprint density at radius 2 is 1.89 bits per heavy atom. The minimum atomic E-state index is -0.314. The van der Waals surface area contributed by atoms with Crippen molar-refractivity contribution in [2.24, 2.45) is 0 Å². The highest BCUT2D eigenvalue weighted by Crippen LogP contribution is 2.44. The largest absolute Gasteiger partial charge is 0.359 e. The molecule has 4 heterocycles. The lowest BCUT2D eigenvalue weighted by Gasteiger charge is -2.46. The lowest BCUT2D eigenvalue weighted by molar-refractivity contribution is -0.120. The summed E-state index contributed by atoms with van der Waals surface area (Å²) >= 11 is 1.29. The Balaban J connectivity index is 1.37. The second kappa shape index (κ2) is 9.04. The maximum atomic E-state index is 13.5. The summed E-state index contributed by atoms with van der Waals surface area (Å²) in [6.45, 7) is 0.691. The molecule has 37 heavy (non-hydrogen) atoms. The van der Waals surface area contributed by atoms with Gasteiger partial charge in [0.2, 0.25) is 11.8 Å². The fourth-order valence-corrected chi connectivity index (χ4v) is 6.21. The van der Waals surface area contributed by atoms with Crippen LogP contribution in [0.2, 0.25) is 0 Å². The van der Waals surface area contributed by atoms with Crippen LogP contribution in [0.5, 0.6) is 0 Å². The molecule has 0 bridgehead atoms. The number of fused-ring (bicyclic) bond motifs is 6. The normalized spacial score (nSPS) is 16.3. The maximum Gasteiger partial charge on any atom is 0.257 e. The third-order valence-corrected chi connectivity index (χ3v) is 7.93. The van der Waals surface area contributed by atoms with Gasteiger partial charge in [0.05, 0.1) is 29.1 Å². The van der Waals surface area contributed by atoms with E-state index in [9.17, 15) is 14.4 Å². The molecule has 2 aromatic carbocycles. The van der Waals surface area contributed by atoms with E-state index in [1.165, 1.54) is 16.9 Å². The second-order valence-electron chi connectivity index (χ2n) is 9.26. The van der Waals surface area contributed by atoms with Crippen molar-refractivity contribution in [3.63, 3.8) is 0 Å². The molecule has 2 aromatic heterocycles. The first-order valence-electron chi connectivity index (χ1n) is 12.1. The van der Waals surface area contributed by atoms with Gasteiger partial charge in [-0.15, -0.1) is 11.3 Å². The molecule has 188 valence electrons. The Morgan fingerprint density at radius 1 is 1.11 bits per heavy atom. The van der Waals surface area contributed by atoms with Gasteiger partial charge >= 0.3 is 0 Å². The zero-order chi connectivity index (χ0) is 25.7. The average Bonchev–Trinajstić information content (AvgIpc) is 3.48. The summed E-state index contributed by atoms with van der Waals surface area (Å²) < 4.78 is 2.04. The Bertz CT molecular complexity index is 1560. The predicted octanol–water partition coefficient (Wildman–Crippen LogP) is 3.17. The van der Waals surface area contributed by atoms with E-state index < -0.39 is 0 Å². The average molecular weight is 515 g/mol. The molecule has 0 aliphatic carbocycles. The van der Waals surface area contributed by atoms with Crippen LogP contribution >= 0.6 is 11.3 Å². The SMILES string of the molecule is CNC(=O)Cc1csc(NC(=O)Cn2c3c(c4ccccc42)CCN2C(=O)c4ccccc4N(C)C32)n1. The van der Waals surface area contributed by atoms with Crippen molar-refractivity contribution in [3.8, 4) is 0 Å². The monoisotopic (exact) mass is 514 g/mol. The first-order chi connectivity index (χ1) is 18.0. The van der Waals surface area contributed by atoms with Crippen molar-refractivity contribution in [2.45, 2.75) is 25.6 Å². The fraction of sp³-hybridized carbons (Fsp3) is 0.259. The summed E-state index contributed by atoms with van der Waals surface area (Å²) in [5.74, 6) is -0.338. The van der Waals surface area contributed by atoms with Crippen LogP contribution in [0.25, 0.3) is 10.9 Å². The third kappa shape index (κ3) is 3.84. The zero-order valence-corrected chi connectivity index (χ0v) is 21.3. The smallest absolute Gasteiger partial charge is 0.257 e. The Labute approximate surface area is 217 Å². The lowest BCUT2D eigenvalue weighted by atomic mass is 9.96. The molecule has 10 heteroatoms. The fourth-order valence-electron chi connectivity index (χ4n) is 5.48. The highest BCUT2D eigenvalue weighted by molar-refractivity contribution is 7.13. The first-order valence-corrected chi connectivity index (χ1v) is 13.0. The van der Waals surface area contributed by atoms with Crippen molar-refractivity contribution < 1.29 is 14.4 Å². The molecule has 3 amide bonds. The van der Waals surface area contributed by atoms with Crippen LogP contribution in [0, 0.1) is 0 Å². The Kier molecular flexibility index (Phi) is 5.68. The Hall–Kier alpha value is -4.18. The Morgan fingerprint density at radius 3 is 2.73 bits per heavy atom. The second-order valence-corrected chi connectivity index (χ2v) is 10.1. The number of rotatable bonds is 5. The molecule has 2 aliphatic heterocycles. The van der Waals surface area contributed by atoms with E-state index in [2.05, 4.69) is 26.6 Å². The molecule has 2 N–H and O–H groups in total. The summed E-state index contributed by atoms with van der Waals surface area (Å²) in [6, 6.07) is 15.8. The van der Waals surface area contributed by atoms with Gasteiger partial charge in [-0.25, -0.2) is 4.98 Å². The molecule has 2 aliphatic rings. The van der Waals surface area contributed by atoms with Crippen LogP contribution in [0.15, 0.2) is 53.9 Å². The minimum absolute atomic E-state index is 0.0111. The molecule has 9 nitrogen and oxygen atoms in total. The molecule has 0 saturated heterocycles. The number of para-hydroxylation sites is 2. The highest BCUT2D eigenvalue weighted by Gasteiger charge is 2.42. The number of carbonyl (C=O) groups is 3. The number of nitrogens with one attached hydrogen (secondary N) is 2. The molecule has 4 aromatic rings. The van der Waals surface area contributed by atoms with Crippen molar-refractivity contribution in [3.05, 3.63) is 76.4 Å². The van der Waals surface area contributed by atoms with Crippen molar-refractivity contribution >= 4 is 50.8 Å². The van der Waals surface area contributed by atoms with Gasteiger partial charge in [0, 0.05) is 36.9 Å². The number of likely N-dealkylation sites (N-methyl/N-ethyl adjacent to an activating group) is 1. The van der Waals surface area contributed by atoms with Gasteiger partial charge in [-0.3, -0.25) is 14.4 Å². The number of hydrogen-bond donors (Lipinski definition) is 2. The van der Waals surface area contributed by atoms with E-state index in [0.717, 1.165) is 28.7 Å². The topological polar surface area (TPSA) is 99.6 Å². The van der Waals surface area contributed by atoms with Gasteiger partial charge in [-0.2, -0.15) is 0 Å². The van der Waals surface area contributed by atoms with Gasteiger partial charge in [0.1, 0.15) is 12.7 Å². The predicted molar refractivity (Wildman–Crippen MR) is 143 cm³/mol. The molecule has 0 radical (unpaired) electrons. The molecule has 1 atom stereocenters. The van der Waals surface area contributed by atoms with E-state index >= 15 is 0 Å². The van der Waals surface area contributed by atoms with E-state index in [-0.39, 0.29) is 36.9 Å². The standard InChI is InChI=1S/C27H26N6O3S/c1-28-22(34)13-16-15-37-27(29-16)30-23(35)14-33-21-10-6-3-7-17(21)18-11-12-32-25(24(18)33)31(2)20-9-5-4-8-19(20)26(32)36/h3-10,15,25H,11-14H2,1-2H3,(H,28,34)(H,29,30,35). The van der Waals surface area contributed by atoms with Gasteiger partial charge in [0.15, 0.2) is 5.13 Å². The van der Waals surface area contributed by atoms with Crippen LogP contribution in [-0.2, 0) is 29.0 Å². The summed E-state index contributed by atoms with van der Waals surface area (Å²) in [4.78, 5) is 46.8. The van der Waals surface area contributed by atoms with Crippen molar-refractivity contribution in [2.75, 3.05) is 30.9 Å². The molecule has 6 rings (SSSR count). The molecular formula is C27H26N6O3S. The maximum absolute atomic E-state index is 13.5. The first kappa shape index (κ1) is 23.2.